The first-order chi connectivity index (χ1) is 15.6. The lowest BCUT2D eigenvalue weighted by Crippen LogP contribution is -2.51. The molecule has 168 valence electrons. The molecular formula is C25H29N3O3S. The lowest BCUT2D eigenvalue weighted by molar-refractivity contribution is -0.135. The van der Waals surface area contributed by atoms with Crippen molar-refractivity contribution in [3.63, 3.8) is 0 Å². The molecule has 1 saturated heterocycles. The zero-order valence-corrected chi connectivity index (χ0v) is 19.2. The fourth-order valence-electron chi connectivity index (χ4n) is 4.21. The minimum atomic E-state index is -0.848. The monoisotopic (exact) mass is 451 g/mol. The van der Waals surface area contributed by atoms with Crippen LogP contribution in [0.4, 0.5) is 11.4 Å². The largest absolute Gasteiger partial charge is 0.341 e. The minimum absolute atomic E-state index is 0.128. The van der Waals surface area contributed by atoms with Crippen LogP contribution in [-0.2, 0) is 20.8 Å². The summed E-state index contributed by atoms with van der Waals surface area (Å²) in [5, 5.41) is 2.05. The summed E-state index contributed by atoms with van der Waals surface area (Å²) in [5.74, 6) is -0.743. The summed E-state index contributed by atoms with van der Waals surface area (Å²) in [6.45, 7) is 3.32. The van der Waals surface area contributed by atoms with Crippen molar-refractivity contribution < 1.29 is 14.4 Å². The molecule has 0 aromatic heterocycles. The SMILES string of the molecule is CCc1cccc(NC(=O)CN2C(=O)[C@H](C(=O)N3CCCCCC3)Sc3ccccc32)c1. The molecule has 32 heavy (non-hydrogen) atoms. The molecule has 2 aromatic carbocycles. The Bertz CT molecular complexity index is 1000. The van der Waals surface area contributed by atoms with Crippen LogP contribution in [-0.4, -0.2) is 47.5 Å². The Balaban J connectivity index is 1.53. The number of aryl methyl sites for hydroxylation is 1. The highest BCUT2D eigenvalue weighted by Gasteiger charge is 2.40. The molecule has 4 rings (SSSR count). The van der Waals surface area contributed by atoms with Crippen LogP contribution in [0.2, 0.25) is 0 Å². The number of thioether (sulfide) groups is 1. The molecule has 6 nitrogen and oxygen atoms in total. The van der Waals surface area contributed by atoms with E-state index in [0.29, 0.717) is 24.5 Å². The topological polar surface area (TPSA) is 69.7 Å². The molecule has 2 aliphatic heterocycles. The summed E-state index contributed by atoms with van der Waals surface area (Å²) < 4.78 is 0. The Kier molecular flexibility index (Phi) is 7.15. The number of nitrogens with zero attached hydrogens (tertiary/aromatic N) is 2. The fraction of sp³-hybridized carbons (Fsp3) is 0.400. The predicted octanol–water partition coefficient (Wildman–Crippen LogP) is 4.10. The van der Waals surface area contributed by atoms with Crippen LogP contribution in [0.1, 0.15) is 38.2 Å². The smallest absolute Gasteiger partial charge is 0.250 e. The Hall–Kier alpha value is -2.80. The van der Waals surface area contributed by atoms with Crippen LogP contribution < -0.4 is 10.2 Å². The van der Waals surface area contributed by atoms with Crippen LogP contribution in [0, 0.1) is 0 Å². The van der Waals surface area contributed by atoms with Crippen molar-refractivity contribution in [1.82, 2.24) is 4.90 Å². The van der Waals surface area contributed by atoms with Gasteiger partial charge in [-0.3, -0.25) is 14.4 Å². The van der Waals surface area contributed by atoms with E-state index in [0.717, 1.165) is 42.6 Å². The van der Waals surface area contributed by atoms with E-state index >= 15 is 0 Å². The lowest BCUT2D eigenvalue weighted by atomic mass is 10.1. The second-order valence-corrected chi connectivity index (χ2v) is 9.38. The first-order valence-corrected chi connectivity index (χ1v) is 12.2. The zero-order chi connectivity index (χ0) is 22.5. The Morgan fingerprint density at radius 2 is 1.78 bits per heavy atom. The van der Waals surface area contributed by atoms with Crippen molar-refractivity contribution in [2.24, 2.45) is 0 Å². The quantitative estimate of drug-likeness (QED) is 0.695. The number of carbonyl (C=O) groups is 3. The van der Waals surface area contributed by atoms with Crippen molar-refractivity contribution in [2.75, 3.05) is 29.9 Å². The molecule has 7 heteroatoms. The van der Waals surface area contributed by atoms with E-state index in [1.807, 2.05) is 53.4 Å². The third-order valence-electron chi connectivity index (χ3n) is 5.95. The maximum Gasteiger partial charge on any atom is 0.250 e. The number of amides is 3. The number of benzene rings is 2. The number of anilines is 2. The number of hydrogen-bond donors (Lipinski definition) is 1. The van der Waals surface area contributed by atoms with Crippen LogP contribution in [0.3, 0.4) is 0 Å². The summed E-state index contributed by atoms with van der Waals surface area (Å²) in [4.78, 5) is 43.7. The first-order valence-electron chi connectivity index (χ1n) is 11.3. The maximum atomic E-state index is 13.4. The van der Waals surface area contributed by atoms with E-state index in [9.17, 15) is 14.4 Å². The van der Waals surface area contributed by atoms with Gasteiger partial charge >= 0.3 is 0 Å². The van der Waals surface area contributed by atoms with Gasteiger partial charge in [0, 0.05) is 23.7 Å². The number of nitrogens with one attached hydrogen (secondary N) is 1. The molecule has 1 N–H and O–H groups in total. The minimum Gasteiger partial charge on any atom is -0.341 e. The lowest BCUT2D eigenvalue weighted by Gasteiger charge is -2.34. The van der Waals surface area contributed by atoms with Gasteiger partial charge in [-0.15, -0.1) is 11.8 Å². The van der Waals surface area contributed by atoms with E-state index in [1.165, 1.54) is 16.7 Å². The highest BCUT2D eigenvalue weighted by Crippen LogP contribution is 2.39. The summed E-state index contributed by atoms with van der Waals surface area (Å²) >= 11 is 1.30. The van der Waals surface area contributed by atoms with Gasteiger partial charge in [-0.25, -0.2) is 0 Å². The molecule has 0 unspecified atom stereocenters. The average Bonchev–Trinajstić information content (AvgIpc) is 3.10. The van der Waals surface area contributed by atoms with Crippen LogP contribution in [0.5, 0.6) is 0 Å². The van der Waals surface area contributed by atoms with Gasteiger partial charge in [0.25, 0.3) is 5.91 Å². The molecule has 2 heterocycles. The molecule has 1 fully saturated rings. The third kappa shape index (κ3) is 4.99. The van der Waals surface area contributed by atoms with Gasteiger partial charge in [0.1, 0.15) is 6.54 Å². The van der Waals surface area contributed by atoms with Crippen molar-refractivity contribution >= 4 is 40.9 Å². The van der Waals surface area contributed by atoms with Crippen molar-refractivity contribution in [2.45, 2.75) is 49.2 Å². The molecule has 0 saturated carbocycles. The average molecular weight is 452 g/mol. The van der Waals surface area contributed by atoms with E-state index in [2.05, 4.69) is 12.2 Å². The summed E-state index contributed by atoms with van der Waals surface area (Å²) in [5.41, 5.74) is 2.51. The van der Waals surface area contributed by atoms with E-state index in [4.69, 9.17) is 0 Å². The van der Waals surface area contributed by atoms with E-state index in [1.54, 1.807) is 0 Å². The number of likely N-dealkylation sites (tertiary alicyclic amines) is 1. The fourth-order valence-corrected chi connectivity index (χ4v) is 5.39. The number of fused-ring (bicyclic) bond motifs is 1. The van der Waals surface area contributed by atoms with E-state index in [-0.39, 0.29) is 24.3 Å². The molecule has 2 aromatic rings. The molecule has 0 spiro atoms. The molecule has 0 bridgehead atoms. The van der Waals surface area contributed by atoms with Gasteiger partial charge in [-0.1, -0.05) is 44.0 Å². The van der Waals surface area contributed by atoms with Crippen LogP contribution >= 0.6 is 11.8 Å². The molecule has 3 amide bonds. The summed E-state index contributed by atoms with van der Waals surface area (Å²) in [6.07, 6.45) is 5.04. The number of carbonyl (C=O) groups excluding carboxylic acids is 3. The molecule has 0 aliphatic carbocycles. The zero-order valence-electron chi connectivity index (χ0n) is 18.4. The van der Waals surface area contributed by atoms with Gasteiger partial charge in [0.2, 0.25) is 11.8 Å². The number of para-hydroxylation sites is 1. The number of hydrogen-bond acceptors (Lipinski definition) is 4. The number of rotatable bonds is 5. The first kappa shape index (κ1) is 22.4. The van der Waals surface area contributed by atoms with Gasteiger partial charge in [-0.2, -0.15) is 0 Å². The molecule has 0 radical (unpaired) electrons. The van der Waals surface area contributed by atoms with Gasteiger partial charge in [0.15, 0.2) is 5.25 Å². The van der Waals surface area contributed by atoms with E-state index < -0.39 is 5.25 Å². The highest BCUT2D eigenvalue weighted by molar-refractivity contribution is 8.01. The van der Waals surface area contributed by atoms with Crippen molar-refractivity contribution in [3.05, 3.63) is 54.1 Å². The second kappa shape index (κ2) is 10.2. The summed E-state index contributed by atoms with van der Waals surface area (Å²) in [7, 11) is 0. The molecular weight excluding hydrogens is 422 g/mol. The second-order valence-electron chi connectivity index (χ2n) is 8.23. The Labute approximate surface area is 193 Å². The standard InChI is InChI=1S/C25H29N3O3S/c1-2-18-10-9-11-19(16-18)26-22(29)17-28-20-12-5-6-13-21(20)32-23(25(28)31)24(30)27-14-7-3-4-8-15-27/h5-6,9-13,16,23H,2-4,7-8,14-15,17H2,1H3,(H,26,29)/t23-/m0/s1. The maximum absolute atomic E-state index is 13.4. The molecule has 2 aliphatic rings. The third-order valence-corrected chi connectivity index (χ3v) is 7.19. The van der Waals surface area contributed by atoms with Gasteiger partial charge in [-0.05, 0) is 49.1 Å². The Morgan fingerprint density at radius 1 is 1.03 bits per heavy atom. The van der Waals surface area contributed by atoms with Crippen LogP contribution in [0.25, 0.3) is 0 Å². The summed E-state index contributed by atoms with van der Waals surface area (Å²) in [6, 6.07) is 15.2. The van der Waals surface area contributed by atoms with Crippen molar-refractivity contribution in [3.8, 4) is 0 Å². The van der Waals surface area contributed by atoms with Crippen molar-refractivity contribution in [1.29, 1.82) is 0 Å². The van der Waals surface area contributed by atoms with Gasteiger partial charge in [0.05, 0.1) is 5.69 Å². The Morgan fingerprint density at radius 3 is 2.53 bits per heavy atom. The normalized spacial score (nSPS) is 18.7. The van der Waals surface area contributed by atoms with Gasteiger partial charge < -0.3 is 15.1 Å². The van der Waals surface area contributed by atoms with Crippen LogP contribution in [0.15, 0.2) is 53.4 Å². The highest BCUT2D eigenvalue weighted by atomic mass is 32.2. The molecule has 1 atom stereocenters. The predicted molar refractivity (Wildman–Crippen MR) is 128 cm³/mol.